The van der Waals surface area contributed by atoms with Crippen LogP contribution >= 0.6 is 0 Å². The summed E-state index contributed by atoms with van der Waals surface area (Å²) in [7, 11) is 0. The summed E-state index contributed by atoms with van der Waals surface area (Å²) >= 11 is 0. The van der Waals surface area contributed by atoms with Crippen LogP contribution < -0.4 is 0 Å². The summed E-state index contributed by atoms with van der Waals surface area (Å²) in [4.78, 5) is 2.46. The number of nitrogens with zero attached hydrogens (tertiary/aromatic N) is 2. The summed E-state index contributed by atoms with van der Waals surface area (Å²) in [6.45, 7) is 7.62. The molecule has 0 unspecified atom stereocenters. The van der Waals surface area contributed by atoms with Crippen molar-refractivity contribution in [3.8, 4) is 6.07 Å². The summed E-state index contributed by atoms with van der Waals surface area (Å²) in [6, 6.07) is 8.50. The molecule has 1 aliphatic heterocycles. The van der Waals surface area contributed by atoms with Crippen molar-refractivity contribution in [2.45, 2.75) is 33.2 Å². The molecule has 1 aliphatic rings. The van der Waals surface area contributed by atoms with Crippen LogP contribution in [-0.4, -0.2) is 18.0 Å². The SMILES string of the molecule is Cc1ccc(CN2CCC(C)CC2)c(C#N)c1. The van der Waals surface area contributed by atoms with E-state index in [0.717, 1.165) is 23.6 Å². The minimum Gasteiger partial charge on any atom is -0.299 e. The summed E-state index contributed by atoms with van der Waals surface area (Å²) < 4.78 is 0. The first kappa shape index (κ1) is 12.1. The van der Waals surface area contributed by atoms with Gasteiger partial charge in [-0.1, -0.05) is 19.1 Å². The Morgan fingerprint density at radius 1 is 1.35 bits per heavy atom. The minimum absolute atomic E-state index is 0.837. The first-order chi connectivity index (χ1) is 8.19. The molecule has 1 aromatic rings. The van der Waals surface area contributed by atoms with Crippen molar-refractivity contribution in [1.29, 1.82) is 5.26 Å². The second-order valence-electron chi connectivity index (χ2n) is 5.23. The molecular formula is C15H20N2. The fourth-order valence-electron chi connectivity index (χ4n) is 2.39. The van der Waals surface area contributed by atoms with Crippen LogP contribution in [0.4, 0.5) is 0 Å². The normalized spacial score (nSPS) is 17.9. The summed E-state index contributed by atoms with van der Waals surface area (Å²) in [5.74, 6) is 0.861. The van der Waals surface area contributed by atoms with E-state index in [4.69, 9.17) is 5.26 Å². The van der Waals surface area contributed by atoms with Gasteiger partial charge in [0.25, 0.3) is 0 Å². The molecule has 90 valence electrons. The van der Waals surface area contributed by atoms with Crippen LogP contribution in [0.25, 0.3) is 0 Å². The van der Waals surface area contributed by atoms with Crippen molar-refractivity contribution in [1.82, 2.24) is 4.90 Å². The maximum Gasteiger partial charge on any atom is 0.0995 e. The Hall–Kier alpha value is -1.33. The molecule has 2 rings (SSSR count). The lowest BCUT2D eigenvalue weighted by molar-refractivity contribution is 0.185. The van der Waals surface area contributed by atoms with Crippen molar-refractivity contribution in [3.63, 3.8) is 0 Å². The van der Waals surface area contributed by atoms with Crippen molar-refractivity contribution in [2.75, 3.05) is 13.1 Å². The Morgan fingerprint density at radius 3 is 2.71 bits per heavy atom. The van der Waals surface area contributed by atoms with Gasteiger partial charge in [-0.15, -0.1) is 0 Å². The molecule has 0 aliphatic carbocycles. The number of benzene rings is 1. The van der Waals surface area contributed by atoms with E-state index in [2.05, 4.69) is 30.0 Å². The van der Waals surface area contributed by atoms with Crippen LogP contribution in [0.5, 0.6) is 0 Å². The lowest BCUT2D eigenvalue weighted by atomic mass is 9.98. The molecule has 1 aromatic carbocycles. The molecule has 0 aromatic heterocycles. The van der Waals surface area contributed by atoms with Crippen LogP contribution in [0.2, 0.25) is 0 Å². The molecular weight excluding hydrogens is 208 g/mol. The second-order valence-corrected chi connectivity index (χ2v) is 5.23. The number of piperidine rings is 1. The zero-order chi connectivity index (χ0) is 12.3. The predicted octanol–water partition coefficient (Wildman–Crippen LogP) is 3.10. The molecule has 0 radical (unpaired) electrons. The highest BCUT2D eigenvalue weighted by atomic mass is 15.1. The van der Waals surface area contributed by atoms with E-state index in [1.807, 2.05) is 13.0 Å². The van der Waals surface area contributed by atoms with Gasteiger partial charge in [0.2, 0.25) is 0 Å². The van der Waals surface area contributed by atoms with Crippen LogP contribution in [0.15, 0.2) is 18.2 Å². The van der Waals surface area contributed by atoms with Crippen LogP contribution in [0.3, 0.4) is 0 Å². The Bertz CT molecular complexity index is 423. The quantitative estimate of drug-likeness (QED) is 0.777. The lowest BCUT2D eigenvalue weighted by Gasteiger charge is -2.30. The van der Waals surface area contributed by atoms with Crippen LogP contribution in [0, 0.1) is 24.2 Å². The van der Waals surface area contributed by atoms with Gasteiger partial charge in [0.15, 0.2) is 0 Å². The van der Waals surface area contributed by atoms with Gasteiger partial charge in [-0.25, -0.2) is 0 Å². The van der Waals surface area contributed by atoms with E-state index in [9.17, 15) is 0 Å². The van der Waals surface area contributed by atoms with Gasteiger partial charge in [0.1, 0.15) is 0 Å². The molecule has 0 bridgehead atoms. The smallest absolute Gasteiger partial charge is 0.0995 e. The maximum atomic E-state index is 9.15. The molecule has 2 nitrogen and oxygen atoms in total. The molecule has 1 heterocycles. The first-order valence-electron chi connectivity index (χ1n) is 6.41. The fraction of sp³-hybridized carbons (Fsp3) is 0.533. The molecule has 1 saturated heterocycles. The molecule has 0 amide bonds. The second kappa shape index (κ2) is 5.33. The van der Waals surface area contributed by atoms with Gasteiger partial charge in [-0.2, -0.15) is 5.26 Å². The van der Waals surface area contributed by atoms with E-state index in [0.29, 0.717) is 0 Å². The third-order valence-corrected chi connectivity index (χ3v) is 3.66. The average molecular weight is 228 g/mol. The highest BCUT2D eigenvalue weighted by molar-refractivity contribution is 5.40. The fourth-order valence-corrected chi connectivity index (χ4v) is 2.39. The number of rotatable bonds is 2. The first-order valence-corrected chi connectivity index (χ1v) is 6.41. The molecule has 0 N–H and O–H groups in total. The number of hydrogen-bond donors (Lipinski definition) is 0. The Kier molecular flexibility index (Phi) is 3.81. The molecule has 2 heteroatoms. The van der Waals surface area contributed by atoms with Gasteiger partial charge < -0.3 is 0 Å². The van der Waals surface area contributed by atoms with Crippen molar-refractivity contribution >= 4 is 0 Å². The van der Waals surface area contributed by atoms with Crippen molar-refractivity contribution < 1.29 is 0 Å². The summed E-state index contributed by atoms with van der Waals surface area (Å²) in [6.07, 6.45) is 2.57. The van der Waals surface area contributed by atoms with E-state index in [1.165, 1.54) is 31.5 Å². The maximum absolute atomic E-state index is 9.15. The predicted molar refractivity (Wildman–Crippen MR) is 69.6 cm³/mol. The number of hydrogen-bond acceptors (Lipinski definition) is 2. The van der Waals surface area contributed by atoms with E-state index < -0.39 is 0 Å². The standard InChI is InChI=1S/C15H20N2/c1-12-5-7-17(8-6-12)11-14-4-3-13(2)9-15(14)10-16/h3-4,9,12H,5-8,11H2,1-2H3. The monoisotopic (exact) mass is 228 g/mol. The molecule has 1 fully saturated rings. The third kappa shape index (κ3) is 3.08. The number of aryl methyl sites for hydroxylation is 1. The number of nitriles is 1. The topological polar surface area (TPSA) is 27.0 Å². The van der Waals surface area contributed by atoms with Gasteiger partial charge in [-0.05, 0) is 56.0 Å². The summed E-state index contributed by atoms with van der Waals surface area (Å²) in [5.41, 5.74) is 3.17. The Labute approximate surface area is 104 Å². The zero-order valence-electron chi connectivity index (χ0n) is 10.7. The largest absolute Gasteiger partial charge is 0.299 e. The minimum atomic E-state index is 0.837. The Morgan fingerprint density at radius 2 is 2.06 bits per heavy atom. The van der Waals surface area contributed by atoms with Gasteiger partial charge >= 0.3 is 0 Å². The third-order valence-electron chi connectivity index (χ3n) is 3.66. The average Bonchev–Trinajstić information content (AvgIpc) is 2.34. The highest BCUT2D eigenvalue weighted by Gasteiger charge is 2.16. The van der Waals surface area contributed by atoms with Crippen LogP contribution in [0.1, 0.15) is 36.5 Å². The van der Waals surface area contributed by atoms with E-state index >= 15 is 0 Å². The highest BCUT2D eigenvalue weighted by Crippen LogP contribution is 2.20. The molecule has 17 heavy (non-hydrogen) atoms. The van der Waals surface area contributed by atoms with Gasteiger partial charge in [0, 0.05) is 6.54 Å². The van der Waals surface area contributed by atoms with Crippen LogP contribution in [-0.2, 0) is 6.54 Å². The molecule has 0 saturated carbocycles. The van der Waals surface area contributed by atoms with Gasteiger partial charge in [0.05, 0.1) is 11.6 Å². The zero-order valence-corrected chi connectivity index (χ0v) is 10.7. The van der Waals surface area contributed by atoms with Gasteiger partial charge in [-0.3, -0.25) is 4.90 Å². The number of likely N-dealkylation sites (tertiary alicyclic amines) is 1. The van der Waals surface area contributed by atoms with Crippen molar-refractivity contribution in [3.05, 3.63) is 34.9 Å². The van der Waals surface area contributed by atoms with E-state index in [-0.39, 0.29) is 0 Å². The molecule has 0 spiro atoms. The summed E-state index contributed by atoms with van der Waals surface area (Å²) in [5, 5.41) is 9.15. The molecule has 0 atom stereocenters. The van der Waals surface area contributed by atoms with Crippen molar-refractivity contribution in [2.24, 2.45) is 5.92 Å². The Balaban J connectivity index is 2.06. The lowest BCUT2D eigenvalue weighted by Crippen LogP contribution is -2.32. The van der Waals surface area contributed by atoms with E-state index in [1.54, 1.807) is 0 Å².